The lowest BCUT2D eigenvalue weighted by Gasteiger charge is -2.10. The van der Waals surface area contributed by atoms with Crippen LogP contribution in [0.5, 0.6) is 23.0 Å². The molecule has 0 fully saturated rings. The van der Waals surface area contributed by atoms with Crippen molar-refractivity contribution in [2.75, 3.05) is 19.5 Å². The number of ether oxygens (including phenoxy) is 3. The number of carboxylic acid groups (broad SMARTS) is 1. The molecule has 35 heavy (non-hydrogen) atoms. The molecule has 0 spiro atoms. The van der Waals surface area contributed by atoms with Crippen molar-refractivity contribution >= 4 is 50.6 Å². The van der Waals surface area contributed by atoms with Crippen molar-refractivity contribution in [3.63, 3.8) is 0 Å². The molecule has 4 rings (SSSR count). The number of anilines is 1. The van der Waals surface area contributed by atoms with Crippen LogP contribution in [0.25, 0.3) is 21.7 Å². The lowest BCUT2D eigenvalue weighted by atomic mass is 10.1. The summed E-state index contributed by atoms with van der Waals surface area (Å²) in [5, 5.41) is 13.4. The largest absolute Gasteiger partial charge is 0.493 e. The normalized spacial score (nSPS) is 11.2. The molecule has 0 bridgehead atoms. The fourth-order valence-electron chi connectivity index (χ4n) is 3.48. The Bertz CT molecular complexity index is 1410. The quantitative estimate of drug-likeness (QED) is 0.306. The van der Waals surface area contributed by atoms with E-state index >= 15 is 0 Å². The lowest BCUT2D eigenvalue weighted by molar-refractivity contribution is -0.130. The van der Waals surface area contributed by atoms with Gasteiger partial charge in [0.25, 0.3) is 0 Å². The molecule has 0 saturated heterocycles. The summed E-state index contributed by atoms with van der Waals surface area (Å²) in [5.41, 5.74) is 1.26. The number of carbonyl (C=O) groups excluding carboxylic acids is 1. The third-order valence-corrected chi connectivity index (χ3v) is 6.15. The minimum absolute atomic E-state index is 0.101. The first-order chi connectivity index (χ1) is 16.9. The second-order valence-electron chi connectivity index (χ2n) is 7.41. The standard InChI is InChI=1S/C26H22N2O6S/c1-15(29)28-17-4-6-18(7-5-17)34-25-20-12-21(32-2)22(33-3)14-23(20)35-24(25)13-19(26(30)31)16-8-10-27-11-9-16/h4-14H,1-3H3,(H,28,29)(H,30,31)/b19-13+. The van der Waals surface area contributed by atoms with Gasteiger partial charge in [0.05, 0.1) is 24.7 Å². The summed E-state index contributed by atoms with van der Waals surface area (Å²) < 4.78 is 18.0. The van der Waals surface area contributed by atoms with E-state index in [1.54, 1.807) is 75.2 Å². The fourth-order valence-corrected chi connectivity index (χ4v) is 4.56. The fraction of sp³-hybridized carbons (Fsp3) is 0.115. The second-order valence-corrected chi connectivity index (χ2v) is 8.49. The van der Waals surface area contributed by atoms with Crippen LogP contribution in [0, 0.1) is 0 Å². The molecule has 0 radical (unpaired) electrons. The third-order valence-electron chi connectivity index (χ3n) is 5.07. The van der Waals surface area contributed by atoms with E-state index in [2.05, 4.69) is 10.3 Å². The van der Waals surface area contributed by atoms with Crippen LogP contribution < -0.4 is 19.5 Å². The van der Waals surface area contributed by atoms with Crippen molar-refractivity contribution in [3.05, 3.63) is 71.4 Å². The average Bonchev–Trinajstić information content (AvgIpc) is 3.18. The van der Waals surface area contributed by atoms with E-state index in [0.29, 0.717) is 39.1 Å². The Balaban J connectivity index is 1.86. The highest BCUT2D eigenvalue weighted by atomic mass is 32.1. The summed E-state index contributed by atoms with van der Waals surface area (Å²) in [6, 6.07) is 13.8. The summed E-state index contributed by atoms with van der Waals surface area (Å²) in [5.74, 6) is 0.820. The molecule has 0 atom stereocenters. The number of rotatable bonds is 8. The van der Waals surface area contributed by atoms with Gasteiger partial charge in [-0.1, -0.05) is 0 Å². The zero-order valence-electron chi connectivity index (χ0n) is 19.2. The molecule has 2 N–H and O–H groups in total. The highest BCUT2D eigenvalue weighted by Crippen LogP contribution is 2.46. The van der Waals surface area contributed by atoms with Crippen LogP contribution >= 0.6 is 11.3 Å². The van der Waals surface area contributed by atoms with Gasteiger partial charge in [0.2, 0.25) is 5.91 Å². The Morgan fingerprint density at radius 3 is 2.26 bits per heavy atom. The molecule has 4 aromatic rings. The van der Waals surface area contributed by atoms with Crippen LogP contribution in [-0.2, 0) is 9.59 Å². The predicted molar refractivity (Wildman–Crippen MR) is 135 cm³/mol. The number of hydrogen-bond acceptors (Lipinski definition) is 7. The van der Waals surface area contributed by atoms with E-state index in [4.69, 9.17) is 14.2 Å². The number of aliphatic carboxylic acids is 1. The van der Waals surface area contributed by atoms with E-state index in [1.807, 2.05) is 6.07 Å². The molecule has 8 nitrogen and oxygen atoms in total. The highest BCUT2D eigenvalue weighted by molar-refractivity contribution is 7.20. The van der Waals surface area contributed by atoms with E-state index in [-0.39, 0.29) is 11.5 Å². The molecule has 2 aromatic carbocycles. The zero-order chi connectivity index (χ0) is 24.9. The maximum absolute atomic E-state index is 12.1. The van der Waals surface area contributed by atoms with E-state index < -0.39 is 5.97 Å². The number of benzene rings is 2. The van der Waals surface area contributed by atoms with Crippen LogP contribution in [0.4, 0.5) is 5.69 Å². The topological polar surface area (TPSA) is 107 Å². The van der Waals surface area contributed by atoms with Gasteiger partial charge in [-0.05, 0) is 54.1 Å². The molecular formula is C26H22N2O6S. The summed E-state index contributed by atoms with van der Waals surface area (Å²) >= 11 is 1.37. The molecule has 0 aliphatic carbocycles. The van der Waals surface area contributed by atoms with Gasteiger partial charge in [-0.2, -0.15) is 0 Å². The Morgan fingerprint density at radius 1 is 1.00 bits per heavy atom. The molecule has 0 aliphatic heterocycles. The number of nitrogens with one attached hydrogen (secondary N) is 1. The Hall–Kier alpha value is -4.37. The molecule has 2 aromatic heterocycles. The van der Waals surface area contributed by atoms with E-state index in [9.17, 15) is 14.7 Å². The smallest absolute Gasteiger partial charge is 0.336 e. The number of fused-ring (bicyclic) bond motifs is 1. The minimum Gasteiger partial charge on any atom is -0.493 e. The van der Waals surface area contributed by atoms with Crippen molar-refractivity contribution in [1.29, 1.82) is 0 Å². The van der Waals surface area contributed by atoms with Gasteiger partial charge in [0.1, 0.15) is 5.75 Å². The Labute approximate surface area is 205 Å². The summed E-state index contributed by atoms with van der Waals surface area (Å²) in [4.78, 5) is 28.0. The molecule has 9 heteroatoms. The average molecular weight is 491 g/mol. The van der Waals surface area contributed by atoms with Gasteiger partial charge in [0, 0.05) is 41.2 Å². The molecule has 0 unspecified atom stereocenters. The molecule has 0 aliphatic rings. The first-order valence-electron chi connectivity index (χ1n) is 10.5. The monoisotopic (exact) mass is 490 g/mol. The molecule has 0 saturated carbocycles. The number of nitrogens with zero attached hydrogens (tertiary/aromatic N) is 1. The van der Waals surface area contributed by atoms with Crippen molar-refractivity contribution < 1.29 is 28.9 Å². The highest BCUT2D eigenvalue weighted by Gasteiger charge is 2.20. The molecule has 2 heterocycles. The second kappa shape index (κ2) is 10.3. The number of carbonyl (C=O) groups is 2. The summed E-state index contributed by atoms with van der Waals surface area (Å²) in [7, 11) is 3.10. The number of aromatic nitrogens is 1. The maximum atomic E-state index is 12.1. The van der Waals surface area contributed by atoms with Gasteiger partial charge in [-0.3, -0.25) is 9.78 Å². The van der Waals surface area contributed by atoms with Crippen molar-refractivity contribution in [2.45, 2.75) is 6.92 Å². The number of pyridine rings is 1. The lowest BCUT2D eigenvalue weighted by Crippen LogP contribution is -2.05. The van der Waals surface area contributed by atoms with Crippen molar-refractivity contribution in [1.82, 2.24) is 4.98 Å². The number of amides is 1. The van der Waals surface area contributed by atoms with Crippen LogP contribution in [0.1, 0.15) is 17.4 Å². The summed E-state index contributed by atoms with van der Waals surface area (Å²) in [6.45, 7) is 1.44. The number of hydrogen-bond donors (Lipinski definition) is 2. The Morgan fingerprint density at radius 2 is 1.66 bits per heavy atom. The Kier molecular flexibility index (Phi) is 6.98. The SMILES string of the molecule is COc1cc2sc(/C=C(/C(=O)O)c3ccncc3)c(Oc3ccc(NC(C)=O)cc3)c2cc1OC. The van der Waals surface area contributed by atoms with Gasteiger partial charge in [-0.25, -0.2) is 4.79 Å². The predicted octanol–water partition coefficient (Wildman–Crippen LogP) is 5.69. The van der Waals surface area contributed by atoms with Gasteiger partial charge >= 0.3 is 5.97 Å². The third kappa shape index (κ3) is 5.25. The number of thiophene rings is 1. The first-order valence-corrected chi connectivity index (χ1v) is 11.3. The van der Waals surface area contributed by atoms with Gasteiger partial charge in [-0.15, -0.1) is 11.3 Å². The van der Waals surface area contributed by atoms with Gasteiger partial charge < -0.3 is 24.6 Å². The van der Waals surface area contributed by atoms with E-state index in [0.717, 1.165) is 10.1 Å². The van der Waals surface area contributed by atoms with Crippen LogP contribution in [0.2, 0.25) is 0 Å². The van der Waals surface area contributed by atoms with Crippen molar-refractivity contribution in [2.24, 2.45) is 0 Å². The van der Waals surface area contributed by atoms with Crippen molar-refractivity contribution in [3.8, 4) is 23.0 Å². The molecule has 178 valence electrons. The number of carboxylic acids is 1. The number of methoxy groups -OCH3 is 2. The minimum atomic E-state index is -1.07. The van der Waals surface area contributed by atoms with Crippen LogP contribution in [0.3, 0.4) is 0 Å². The zero-order valence-corrected chi connectivity index (χ0v) is 20.0. The van der Waals surface area contributed by atoms with Crippen LogP contribution in [-0.4, -0.2) is 36.2 Å². The summed E-state index contributed by atoms with van der Waals surface area (Å²) in [6.07, 6.45) is 4.67. The molecular weight excluding hydrogens is 468 g/mol. The maximum Gasteiger partial charge on any atom is 0.336 e. The molecule has 1 amide bonds. The van der Waals surface area contributed by atoms with Crippen LogP contribution in [0.15, 0.2) is 60.9 Å². The first kappa shape index (κ1) is 23.8. The van der Waals surface area contributed by atoms with E-state index in [1.165, 1.54) is 18.3 Å². The van der Waals surface area contributed by atoms with Gasteiger partial charge in [0.15, 0.2) is 17.2 Å².